The molecule has 0 aliphatic heterocycles. The molecule has 0 saturated carbocycles. The average molecular weight is 477 g/mol. The molecule has 2 atom stereocenters. The van der Waals surface area contributed by atoms with Gasteiger partial charge in [-0.1, -0.05) is 51.0 Å². The van der Waals surface area contributed by atoms with Gasteiger partial charge in [-0.05, 0) is 25.7 Å². The van der Waals surface area contributed by atoms with Crippen molar-refractivity contribution in [1.82, 2.24) is 0 Å². The van der Waals surface area contributed by atoms with E-state index in [1.165, 1.54) is 0 Å². The number of carboxylic acids is 2. The van der Waals surface area contributed by atoms with Crippen molar-refractivity contribution in [2.45, 2.75) is 52.4 Å². The fourth-order valence-corrected chi connectivity index (χ4v) is 1.79. The normalized spacial score (nSPS) is 13.5. The van der Waals surface area contributed by atoms with E-state index in [1.54, 1.807) is 13.8 Å². The number of allylic oxidation sites excluding steroid dienone is 4. The van der Waals surface area contributed by atoms with Gasteiger partial charge in [-0.25, -0.2) is 0 Å². The van der Waals surface area contributed by atoms with Crippen LogP contribution >= 0.6 is 0 Å². The van der Waals surface area contributed by atoms with Gasteiger partial charge in [-0.2, -0.15) is 8.78 Å². The second kappa shape index (κ2) is 19.0. The molecule has 0 saturated heterocycles. The summed E-state index contributed by atoms with van der Waals surface area (Å²) in [7, 11) is 0. The zero-order valence-electron chi connectivity index (χ0n) is 15.3. The minimum atomic E-state index is -1.76. The van der Waals surface area contributed by atoms with Gasteiger partial charge in [0.05, 0.1) is 0 Å². The van der Waals surface area contributed by atoms with Gasteiger partial charge in [0.15, 0.2) is 0 Å². The molecule has 0 radical (unpaired) electrons. The van der Waals surface area contributed by atoms with Gasteiger partial charge >= 0.3 is 24.0 Å². The first-order chi connectivity index (χ1) is 12.2. The summed E-state index contributed by atoms with van der Waals surface area (Å²) < 4.78 is 23.6. The summed E-state index contributed by atoms with van der Waals surface area (Å²) in [6.45, 7) is 3.39. The number of carbonyl (C=O) groups excluding carboxylic acids is 2. The molecule has 6 nitrogen and oxygen atoms in total. The first kappa shape index (κ1) is 30.0. The molecule has 1 rings (SSSR count). The molecule has 1 aliphatic carbocycles. The summed E-state index contributed by atoms with van der Waals surface area (Å²) in [5, 5.41) is 16.4. The van der Waals surface area contributed by atoms with Crippen molar-refractivity contribution in [1.29, 1.82) is 0 Å². The Morgan fingerprint density at radius 2 is 1.04 bits per heavy atom. The second-order valence-corrected chi connectivity index (χ2v) is 5.38. The molecule has 2 N–H and O–H groups in total. The van der Waals surface area contributed by atoms with Crippen LogP contribution in [0.4, 0.5) is 8.78 Å². The summed E-state index contributed by atoms with van der Waals surface area (Å²) in [5.41, 5.74) is 0. The fourth-order valence-electron chi connectivity index (χ4n) is 1.79. The van der Waals surface area contributed by atoms with E-state index in [-0.39, 0.29) is 32.3 Å². The van der Waals surface area contributed by atoms with E-state index in [1.807, 2.05) is 0 Å². The minimum absolute atomic E-state index is 0. The largest absolute Gasteiger partial charge is 0.481 e. The summed E-state index contributed by atoms with van der Waals surface area (Å²) in [5.74, 6) is -5.67. The number of carboxylic acid groups (broad SMARTS) is 2. The smallest absolute Gasteiger partial charge is 0.316 e. The molecule has 0 fully saturated rings. The van der Waals surface area contributed by atoms with Crippen LogP contribution in [0.1, 0.15) is 52.4 Å². The van der Waals surface area contributed by atoms with Crippen molar-refractivity contribution in [2.75, 3.05) is 0 Å². The van der Waals surface area contributed by atoms with Gasteiger partial charge in [-0.15, -0.1) is 0 Å². The Balaban J connectivity index is -0.000000323. The molecular formula is C18H26F2O6Ru. The molecule has 2 unspecified atom stereocenters. The predicted octanol–water partition coefficient (Wildman–Crippen LogP) is 3.86. The predicted molar refractivity (Wildman–Crippen MR) is 91.8 cm³/mol. The van der Waals surface area contributed by atoms with E-state index in [4.69, 9.17) is 10.2 Å². The zero-order chi connectivity index (χ0) is 20.5. The van der Waals surface area contributed by atoms with Gasteiger partial charge in [0.2, 0.25) is 0 Å². The number of halogens is 2. The van der Waals surface area contributed by atoms with Crippen molar-refractivity contribution in [2.24, 2.45) is 11.8 Å². The maximum atomic E-state index is 11.8. The number of rotatable bonds is 8. The van der Waals surface area contributed by atoms with E-state index in [0.29, 0.717) is 12.8 Å². The van der Waals surface area contributed by atoms with E-state index in [0.717, 1.165) is 12.8 Å². The van der Waals surface area contributed by atoms with Gasteiger partial charge < -0.3 is 10.2 Å². The van der Waals surface area contributed by atoms with Gasteiger partial charge in [0.25, 0.3) is 0 Å². The molecule has 0 aromatic carbocycles. The van der Waals surface area contributed by atoms with Crippen LogP contribution in [0, 0.1) is 11.8 Å². The van der Waals surface area contributed by atoms with Crippen LogP contribution in [0.3, 0.4) is 0 Å². The minimum Gasteiger partial charge on any atom is -0.481 e. The summed E-state index contributed by atoms with van der Waals surface area (Å²) in [4.78, 5) is 40.0. The Kier molecular flexibility index (Phi) is 21.1. The van der Waals surface area contributed by atoms with Gasteiger partial charge in [0, 0.05) is 19.5 Å². The SMILES string of the molecule is C1=CCC=CC1.CCCC(C(=O)O)C(=O)F.CCCC(C(=O)O)C(=O)F.[Ru]. The molecule has 0 amide bonds. The fraction of sp³-hybridized carbons (Fsp3) is 0.556. The standard InChI is InChI=1S/2C6H9FO3.C6H8.Ru/c2*1-2-3-4(5(7)8)6(9)10;1-2-4-6-5-3-1;/h2*4H,2-3H2,1H3,(H,9,10);1-2,5-6H,3-4H2;. The summed E-state index contributed by atoms with van der Waals surface area (Å²) in [6, 6.07) is -3.51. The van der Waals surface area contributed by atoms with Crippen molar-refractivity contribution >= 4 is 24.0 Å². The quantitative estimate of drug-likeness (QED) is 0.238. The molecule has 1 aliphatic rings. The Morgan fingerprint density at radius 3 is 1.11 bits per heavy atom. The molecule has 0 spiro atoms. The average Bonchev–Trinajstić information content (AvgIpc) is 2.59. The Hall–Kier alpha value is -1.76. The molecule has 9 heteroatoms. The maximum Gasteiger partial charge on any atom is 0.316 e. The molecule has 0 aromatic heterocycles. The van der Waals surface area contributed by atoms with Gasteiger partial charge in [0.1, 0.15) is 11.8 Å². The second-order valence-electron chi connectivity index (χ2n) is 5.38. The van der Waals surface area contributed by atoms with Crippen molar-refractivity contribution in [3.63, 3.8) is 0 Å². The van der Waals surface area contributed by atoms with Gasteiger partial charge in [-0.3, -0.25) is 19.2 Å². The molecular weight excluding hydrogens is 451 g/mol. The van der Waals surface area contributed by atoms with Crippen molar-refractivity contribution in [3.8, 4) is 0 Å². The van der Waals surface area contributed by atoms with Crippen LogP contribution in [-0.2, 0) is 38.7 Å². The van der Waals surface area contributed by atoms with Crippen molar-refractivity contribution < 1.29 is 57.7 Å². The van der Waals surface area contributed by atoms with Crippen LogP contribution in [0.25, 0.3) is 0 Å². The van der Waals surface area contributed by atoms with Crippen LogP contribution < -0.4 is 0 Å². The topological polar surface area (TPSA) is 109 Å². The first-order valence-corrected chi connectivity index (χ1v) is 8.33. The number of aliphatic carboxylic acids is 2. The first-order valence-electron chi connectivity index (χ1n) is 8.33. The van der Waals surface area contributed by atoms with Crippen LogP contribution in [0.2, 0.25) is 0 Å². The summed E-state index contributed by atoms with van der Waals surface area (Å²) in [6.07, 6.45) is 12.1. The van der Waals surface area contributed by atoms with Crippen LogP contribution in [-0.4, -0.2) is 34.2 Å². The number of hydrogen-bond acceptors (Lipinski definition) is 4. The van der Waals surface area contributed by atoms with E-state index in [2.05, 4.69) is 24.3 Å². The monoisotopic (exact) mass is 478 g/mol. The van der Waals surface area contributed by atoms with Crippen LogP contribution in [0.5, 0.6) is 0 Å². The van der Waals surface area contributed by atoms with Crippen LogP contribution in [0.15, 0.2) is 24.3 Å². The Morgan fingerprint density at radius 1 is 0.778 bits per heavy atom. The molecule has 156 valence electrons. The molecule has 0 aromatic rings. The third-order valence-electron chi connectivity index (χ3n) is 3.18. The number of hydrogen-bond donors (Lipinski definition) is 2. The number of carbonyl (C=O) groups is 4. The van der Waals surface area contributed by atoms with E-state index in [9.17, 15) is 28.0 Å². The third-order valence-corrected chi connectivity index (χ3v) is 3.18. The maximum absolute atomic E-state index is 11.8. The molecule has 0 heterocycles. The Bertz CT molecular complexity index is 438. The van der Waals surface area contributed by atoms with E-state index < -0.39 is 35.8 Å². The zero-order valence-corrected chi connectivity index (χ0v) is 17.1. The molecule has 0 bridgehead atoms. The Labute approximate surface area is 170 Å². The van der Waals surface area contributed by atoms with E-state index >= 15 is 0 Å². The third kappa shape index (κ3) is 17.4. The molecule has 27 heavy (non-hydrogen) atoms. The summed E-state index contributed by atoms with van der Waals surface area (Å²) >= 11 is 0. The van der Waals surface area contributed by atoms with Crippen molar-refractivity contribution in [3.05, 3.63) is 24.3 Å².